The van der Waals surface area contributed by atoms with E-state index in [9.17, 15) is 9.90 Å². The van der Waals surface area contributed by atoms with Crippen LogP contribution in [0.25, 0.3) is 0 Å². The minimum absolute atomic E-state index is 0.377. The minimum atomic E-state index is -1.39. The lowest BCUT2D eigenvalue weighted by Crippen LogP contribution is -2.44. The number of carboxylic acid groups (broad SMARTS) is 1. The van der Waals surface area contributed by atoms with Crippen LogP contribution in [0.1, 0.15) is 5.56 Å². The fourth-order valence-electron chi connectivity index (χ4n) is 1.45. The second-order valence-corrected chi connectivity index (χ2v) is 3.52. The molecular weight excluding hydrogens is 218 g/mol. The molecule has 0 aromatic heterocycles. The van der Waals surface area contributed by atoms with E-state index in [1.165, 1.54) is 12.3 Å². The quantitative estimate of drug-likeness (QED) is 0.804. The van der Waals surface area contributed by atoms with Gasteiger partial charge >= 0.3 is 5.97 Å². The van der Waals surface area contributed by atoms with E-state index in [0.717, 1.165) is 0 Å². The molecule has 0 spiro atoms. The molecule has 0 saturated heterocycles. The molecule has 78 valence electrons. The summed E-state index contributed by atoms with van der Waals surface area (Å²) in [6.07, 6.45) is 2.70. The van der Waals surface area contributed by atoms with Gasteiger partial charge in [0, 0.05) is 10.6 Å². The predicted molar refractivity (Wildman–Crippen MR) is 54.1 cm³/mol. The first kappa shape index (κ1) is 10.0. The zero-order valence-electron chi connectivity index (χ0n) is 7.61. The molecule has 0 radical (unpaired) electrons. The summed E-state index contributed by atoms with van der Waals surface area (Å²) in [6, 6.07) is 6.73. The predicted octanol–water partition coefficient (Wildman–Crippen LogP) is 1.67. The fourth-order valence-corrected chi connectivity index (χ4v) is 1.74. The normalized spacial score (nSPS) is 23.8. The molecule has 0 bridgehead atoms. The van der Waals surface area contributed by atoms with Gasteiger partial charge in [-0.05, 0) is 12.1 Å². The highest BCUT2D eigenvalue weighted by atomic mass is 35.5. The van der Waals surface area contributed by atoms with E-state index < -0.39 is 11.5 Å². The van der Waals surface area contributed by atoms with Gasteiger partial charge in [0.1, 0.15) is 6.26 Å². The van der Waals surface area contributed by atoms with Crippen molar-refractivity contribution >= 4 is 17.6 Å². The van der Waals surface area contributed by atoms with E-state index in [1.807, 2.05) is 0 Å². The number of nitrogens with one attached hydrogen (secondary N) is 1. The third-order valence-electron chi connectivity index (χ3n) is 2.24. The summed E-state index contributed by atoms with van der Waals surface area (Å²) in [7, 11) is 0. The third kappa shape index (κ3) is 1.48. The largest absolute Gasteiger partial charge is 0.479 e. The molecule has 5 heteroatoms. The van der Waals surface area contributed by atoms with E-state index in [-0.39, 0.29) is 0 Å². The van der Waals surface area contributed by atoms with Gasteiger partial charge in [-0.1, -0.05) is 29.8 Å². The molecule has 4 nitrogen and oxygen atoms in total. The molecule has 1 aromatic carbocycles. The number of hydrogen-bond donors (Lipinski definition) is 2. The molecule has 0 amide bonds. The Morgan fingerprint density at radius 1 is 1.47 bits per heavy atom. The first-order valence-electron chi connectivity index (χ1n) is 4.26. The Morgan fingerprint density at radius 2 is 2.20 bits per heavy atom. The van der Waals surface area contributed by atoms with Gasteiger partial charge in [-0.3, -0.25) is 0 Å². The van der Waals surface area contributed by atoms with Gasteiger partial charge < -0.3 is 9.94 Å². The van der Waals surface area contributed by atoms with E-state index >= 15 is 0 Å². The van der Waals surface area contributed by atoms with Crippen molar-refractivity contribution in [2.24, 2.45) is 0 Å². The molecule has 1 aliphatic rings. The lowest BCUT2D eigenvalue weighted by molar-refractivity contribution is -0.146. The Bertz CT molecular complexity index is 432. The van der Waals surface area contributed by atoms with Crippen LogP contribution in [0, 0.1) is 0 Å². The highest BCUT2D eigenvalue weighted by molar-refractivity contribution is 6.31. The summed E-state index contributed by atoms with van der Waals surface area (Å²) < 4.78 is 0. The average molecular weight is 226 g/mol. The molecule has 1 aliphatic heterocycles. The Labute approximate surface area is 91.1 Å². The van der Waals surface area contributed by atoms with Gasteiger partial charge in [-0.25, -0.2) is 4.79 Å². The molecule has 1 unspecified atom stereocenters. The third-order valence-corrected chi connectivity index (χ3v) is 2.57. The molecule has 15 heavy (non-hydrogen) atoms. The topological polar surface area (TPSA) is 58.6 Å². The maximum Gasteiger partial charge on any atom is 0.336 e. The van der Waals surface area contributed by atoms with E-state index in [1.54, 1.807) is 24.3 Å². The van der Waals surface area contributed by atoms with Crippen LogP contribution in [0.5, 0.6) is 0 Å². The molecule has 1 aromatic rings. The molecule has 0 saturated carbocycles. The van der Waals surface area contributed by atoms with Crippen molar-refractivity contribution in [3.05, 3.63) is 47.2 Å². The van der Waals surface area contributed by atoms with Crippen LogP contribution in [-0.2, 0) is 15.2 Å². The number of halogens is 1. The van der Waals surface area contributed by atoms with Crippen molar-refractivity contribution < 1.29 is 14.7 Å². The summed E-state index contributed by atoms with van der Waals surface area (Å²) in [5.41, 5.74) is 1.49. The van der Waals surface area contributed by atoms with Crippen LogP contribution in [0.3, 0.4) is 0 Å². The van der Waals surface area contributed by atoms with E-state index in [0.29, 0.717) is 10.6 Å². The maximum absolute atomic E-state index is 11.2. The second-order valence-electron chi connectivity index (χ2n) is 3.12. The summed E-state index contributed by atoms with van der Waals surface area (Å²) >= 11 is 5.95. The number of aliphatic carboxylic acids is 1. The molecule has 1 heterocycles. The van der Waals surface area contributed by atoms with E-state index in [4.69, 9.17) is 16.4 Å². The monoisotopic (exact) mass is 225 g/mol. The van der Waals surface area contributed by atoms with Gasteiger partial charge in [0.05, 0.1) is 0 Å². The summed E-state index contributed by atoms with van der Waals surface area (Å²) in [5.74, 6) is -1.07. The van der Waals surface area contributed by atoms with Gasteiger partial charge in [0.15, 0.2) is 5.54 Å². The van der Waals surface area contributed by atoms with Crippen LogP contribution in [0.4, 0.5) is 0 Å². The highest BCUT2D eigenvalue weighted by Gasteiger charge is 2.43. The summed E-state index contributed by atoms with van der Waals surface area (Å²) in [4.78, 5) is 16.0. The lowest BCUT2D eigenvalue weighted by Gasteiger charge is -2.22. The highest BCUT2D eigenvalue weighted by Crippen LogP contribution is 2.32. The first-order chi connectivity index (χ1) is 7.17. The molecule has 1 atom stereocenters. The fraction of sp³-hybridized carbons (Fsp3) is 0.100. The van der Waals surface area contributed by atoms with Crippen LogP contribution in [-0.4, -0.2) is 11.1 Å². The van der Waals surface area contributed by atoms with Crippen LogP contribution in [0.2, 0.25) is 5.02 Å². The lowest BCUT2D eigenvalue weighted by atomic mass is 9.91. The van der Waals surface area contributed by atoms with Crippen molar-refractivity contribution in [1.29, 1.82) is 0 Å². The van der Waals surface area contributed by atoms with E-state index in [2.05, 4.69) is 5.48 Å². The van der Waals surface area contributed by atoms with Crippen molar-refractivity contribution in [2.45, 2.75) is 5.54 Å². The Kier molecular flexibility index (Phi) is 2.38. The molecule has 2 N–H and O–H groups in total. The Morgan fingerprint density at radius 3 is 2.73 bits per heavy atom. The molecule has 2 rings (SSSR count). The van der Waals surface area contributed by atoms with Crippen molar-refractivity contribution in [3.63, 3.8) is 0 Å². The minimum Gasteiger partial charge on any atom is -0.479 e. The zero-order chi connectivity index (χ0) is 10.9. The van der Waals surface area contributed by atoms with Gasteiger partial charge in [-0.15, -0.1) is 5.48 Å². The van der Waals surface area contributed by atoms with Crippen LogP contribution < -0.4 is 5.48 Å². The van der Waals surface area contributed by atoms with Crippen LogP contribution >= 0.6 is 11.6 Å². The van der Waals surface area contributed by atoms with Gasteiger partial charge in [0.2, 0.25) is 0 Å². The van der Waals surface area contributed by atoms with Gasteiger partial charge in [0.25, 0.3) is 0 Å². The number of hydrogen-bond acceptors (Lipinski definition) is 3. The molecule has 0 aliphatic carbocycles. The number of benzene rings is 1. The number of carboxylic acids is 1. The zero-order valence-corrected chi connectivity index (χ0v) is 8.36. The summed E-state index contributed by atoms with van der Waals surface area (Å²) in [5, 5.41) is 9.57. The second kappa shape index (κ2) is 3.56. The number of carbonyl (C=O) groups is 1. The summed E-state index contributed by atoms with van der Waals surface area (Å²) in [6.45, 7) is 0. The maximum atomic E-state index is 11.2. The van der Waals surface area contributed by atoms with Gasteiger partial charge in [-0.2, -0.15) is 0 Å². The Balaban J connectivity index is 2.56. The smallest absolute Gasteiger partial charge is 0.336 e. The molecular formula is C10H8ClNO3. The average Bonchev–Trinajstić information content (AvgIpc) is 2.68. The van der Waals surface area contributed by atoms with Crippen molar-refractivity contribution in [2.75, 3.05) is 0 Å². The first-order valence-corrected chi connectivity index (χ1v) is 4.63. The Hall–Kier alpha value is -1.52. The van der Waals surface area contributed by atoms with Crippen LogP contribution in [0.15, 0.2) is 36.6 Å². The SMILES string of the molecule is O=C(O)C1(c2ccccc2Cl)C=CON1. The molecule has 0 fully saturated rings. The van der Waals surface area contributed by atoms with Crippen molar-refractivity contribution in [3.8, 4) is 0 Å². The number of rotatable bonds is 2. The number of hydroxylamine groups is 1. The standard InChI is InChI=1S/C10H8ClNO3/c11-8-4-2-1-3-7(8)10(9(13)14)5-6-15-12-10/h1-6,12H,(H,13,14). The van der Waals surface area contributed by atoms with Crippen molar-refractivity contribution in [1.82, 2.24) is 5.48 Å².